The van der Waals surface area contributed by atoms with Crippen LogP contribution in [0.3, 0.4) is 0 Å². The lowest BCUT2D eigenvalue weighted by molar-refractivity contribution is 0.0952. The van der Waals surface area contributed by atoms with Gasteiger partial charge in [0, 0.05) is 25.5 Å². The van der Waals surface area contributed by atoms with E-state index in [-0.39, 0.29) is 35.1 Å². The van der Waals surface area contributed by atoms with Crippen LogP contribution in [-0.4, -0.2) is 49.6 Å². The number of aromatic nitrogens is 6. The molecule has 0 bridgehead atoms. The number of nitrogens with zero attached hydrogens (tertiary/aromatic N) is 7. The minimum atomic E-state index is -0.235. The van der Waals surface area contributed by atoms with Crippen molar-refractivity contribution in [2.45, 2.75) is 12.8 Å². The largest absolute Gasteiger partial charge is 0.368 e. The van der Waals surface area contributed by atoms with Crippen LogP contribution in [0, 0.1) is 5.92 Å². The summed E-state index contributed by atoms with van der Waals surface area (Å²) in [4.78, 5) is 35.9. The summed E-state index contributed by atoms with van der Waals surface area (Å²) in [5, 5.41) is 6.91. The third kappa shape index (κ3) is 4.47. The Labute approximate surface area is 189 Å². The van der Waals surface area contributed by atoms with Gasteiger partial charge in [0.25, 0.3) is 11.8 Å². The molecule has 1 saturated carbocycles. The summed E-state index contributed by atoms with van der Waals surface area (Å²) in [5.74, 6) is 1.000. The van der Waals surface area contributed by atoms with Gasteiger partial charge in [0.05, 0.1) is 5.56 Å². The van der Waals surface area contributed by atoms with Crippen molar-refractivity contribution in [3.63, 3.8) is 0 Å². The van der Waals surface area contributed by atoms with Crippen molar-refractivity contribution >= 4 is 23.5 Å². The molecule has 166 valence electrons. The Morgan fingerprint density at radius 3 is 2.70 bits per heavy atom. The van der Waals surface area contributed by atoms with Gasteiger partial charge in [-0.25, -0.2) is 0 Å². The average molecular weight is 443 g/mol. The SMILES string of the molecule is CN(c1ccccc1)c1nc(N)nc(-c2noc(-c3ncccc3C(=O)NCC3CC3)n2)n1. The third-order valence-corrected chi connectivity index (χ3v) is 5.21. The van der Waals surface area contributed by atoms with E-state index in [1.54, 1.807) is 23.2 Å². The van der Waals surface area contributed by atoms with Crippen LogP contribution >= 0.6 is 0 Å². The van der Waals surface area contributed by atoms with Gasteiger partial charge in [0.2, 0.25) is 23.5 Å². The van der Waals surface area contributed by atoms with Gasteiger partial charge in [-0.2, -0.15) is 19.9 Å². The number of rotatable bonds is 7. The van der Waals surface area contributed by atoms with Crippen LogP contribution in [0.15, 0.2) is 53.2 Å². The maximum absolute atomic E-state index is 12.7. The van der Waals surface area contributed by atoms with Crippen molar-refractivity contribution in [3.05, 3.63) is 54.2 Å². The van der Waals surface area contributed by atoms with Crippen LogP contribution < -0.4 is 16.0 Å². The van der Waals surface area contributed by atoms with Crippen LogP contribution in [0.2, 0.25) is 0 Å². The van der Waals surface area contributed by atoms with E-state index in [2.05, 4.69) is 35.4 Å². The highest BCUT2D eigenvalue weighted by atomic mass is 16.5. The highest BCUT2D eigenvalue weighted by Crippen LogP contribution is 2.28. The normalized spacial score (nSPS) is 13.0. The molecule has 1 fully saturated rings. The molecule has 0 unspecified atom stereocenters. The second-order valence-corrected chi connectivity index (χ2v) is 7.69. The van der Waals surface area contributed by atoms with Gasteiger partial charge in [-0.3, -0.25) is 9.78 Å². The molecule has 3 heterocycles. The molecule has 3 aromatic heterocycles. The van der Waals surface area contributed by atoms with Gasteiger partial charge in [-0.05, 0) is 43.0 Å². The van der Waals surface area contributed by atoms with E-state index in [9.17, 15) is 4.79 Å². The molecule has 1 aromatic carbocycles. The molecule has 0 saturated heterocycles. The Morgan fingerprint density at radius 1 is 1.09 bits per heavy atom. The van der Waals surface area contributed by atoms with Gasteiger partial charge >= 0.3 is 0 Å². The molecular formula is C22H21N9O2. The Kier molecular flexibility index (Phi) is 5.35. The molecule has 1 amide bonds. The maximum atomic E-state index is 12.7. The Bertz CT molecular complexity index is 1290. The first kappa shape index (κ1) is 20.5. The molecule has 4 aromatic rings. The van der Waals surface area contributed by atoms with E-state index in [4.69, 9.17) is 10.3 Å². The summed E-state index contributed by atoms with van der Waals surface area (Å²) >= 11 is 0. The van der Waals surface area contributed by atoms with Crippen molar-refractivity contribution < 1.29 is 9.32 Å². The lowest BCUT2D eigenvalue weighted by Gasteiger charge is -2.17. The predicted molar refractivity (Wildman–Crippen MR) is 120 cm³/mol. The molecule has 0 spiro atoms. The zero-order valence-electron chi connectivity index (χ0n) is 17.8. The fraction of sp³-hybridized carbons (Fsp3) is 0.227. The van der Waals surface area contributed by atoms with Crippen LogP contribution in [0.1, 0.15) is 23.2 Å². The molecule has 5 rings (SSSR count). The first-order valence-electron chi connectivity index (χ1n) is 10.5. The van der Waals surface area contributed by atoms with Crippen LogP contribution in [0.25, 0.3) is 23.2 Å². The Balaban J connectivity index is 1.44. The Hall–Kier alpha value is -4.41. The number of pyridine rings is 1. The van der Waals surface area contributed by atoms with Gasteiger partial charge in [0.15, 0.2) is 0 Å². The summed E-state index contributed by atoms with van der Waals surface area (Å²) in [5.41, 5.74) is 7.43. The lowest BCUT2D eigenvalue weighted by atomic mass is 10.1. The second-order valence-electron chi connectivity index (χ2n) is 7.69. The second kappa shape index (κ2) is 8.61. The highest BCUT2D eigenvalue weighted by Gasteiger charge is 2.25. The number of benzene rings is 1. The molecule has 1 aliphatic carbocycles. The summed E-state index contributed by atoms with van der Waals surface area (Å²) in [7, 11) is 1.82. The van der Waals surface area contributed by atoms with Crippen molar-refractivity contribution in [1.82, 2.24) is 35.4 Å². The van der Waals surface area contributed by atoms with Gasteiger partial charge < -0.3 is 20.5 Å². The average Bonchev–Trinajstić information content (AvgIpc) is 3.55. The van der Waals surface area contributed by atoms with E-state index in [0.717, 1.165) is 18.5 Å². The number of nitrogens with one attached hydrogen (secondary N) is 1. The number of amides is 1. The number of hydrogen-bond donors (Lipinski definition) is 2. The van der Waals surface area contributed by atoms with Crippen molar-refractivity contribution in [1.29, 1.82) is 0 Å². The Morgan fingerprint density at radius 2 is 1.91 bits per heavy atom. The van der Waals surface area contributed by atoms with E-state index >= 15 is 0 Å². The summed E-state index contributed by atoms with van der Waals surface area (Å²) < 4.78 is 5.40. The quantitative estimate of drug-likeness (QED) is 0.436. The van der Waals surface area contributed by atoms with E-state index < -0.39 is 0 Å². The lowest BCUT2D eigenvalue weighted by Crippen LogP contribution is -2.26. The van der Waals surface area contributed by atoms with Crippen molar-refractivity contribution in [2.75, 3.05) is 24.2 Å². The number of nitrogens with two attached hydrogens (primary N) is 1. The predicted octanol–water partition coefficient (Wildman–Crippen LogP) is 2.47. The summed E-state index contributed by atoms with van der Waals surface area (Å²) in [6.07, 6.45) is 3.85. The molecule has 3 N–H and O–H groups in total. The topological polar surface area (TPSA) is 149 Å². The number of nitrogen functional groups attached to an aromatic ring is 1. The number of hydrogen-bond acceptors (Lipinski definition) is 10. The number of para-hydroxylation sites is 1. The zero-order valence-corrected chi connectivity index (χ0v) is 17.8. The van der Waals surface area contributed by atoms with E-state index in [0.29, 0.717) is 24.0 Å². The highest BCUT2D eigenvalue weighted by molar-refractivity contribution is 5.99. The van der Waals surface area contributed by atoms with E-state index in [1.807, 2.05) is 37.4 Å². The van der Waals surface area contributed by atoms with Crippen molar-refractivity contribution in [2.24, 2.45) is 5.92 Å². The molecule has 0 aliphatic heterocycles. The van der Waals surface area contributed by atoms with Crippen LogP contribution in [0.5, 0.6) is 0 Å². The zero-order chi connectivity index (χ0) is 22.8. The molecule has 1 aliphatic rings. The standard InChI is InChI=1S/C22H21N9O2/c1-31(14-6-3-2-4-7-14)22-28-17(27-21(23)29-22)18-26-20(33-30-18)16-15(8-5-11-24-16)19(32)25-12-13-9-10-13/h2-8,11,13H,9-10,12H2,1H3,(H,25,32)(H2,23,27,28,29). The van der Waals surface area contributed by atoms with Gasteiger partial charge in [-0.1, -0.05) is 23.4 Å². The third-order valence-electron chi connectivity index (χ3n) is 5.21. The monoisotopic (exact) mass is 443 g/mol. The first-order chi connectivity index (χ1) is 16.1. The van der Waals surface area contributed by atoms with E-state index in [1.165, 1.54) is 0 Å². The molecule has 0 radical (unpaired) electrons. The molecule has 33 heavy (non-hydrogen) atoms. The summed E-state index contributed by atoms with van der Waals surface area (Å²) in [6, 6.07) is 12.9. The maximum Gasteiger partial charge on any atom is 0.277 e. The van der Waals surface area contributed by atoms with Crippen LogP contribution in [0.4, 0.5) is 17.6 Å². The number of carbonyl (C=O) groups is 1. The molecular weight excluding hydrogens is 422 g/mol. The smallest absolute Gasteiger partial charge is 0.277 e. The van der Waals surface area contributed by atoms with Gasteiger partial charge in [0.1, 0.15) is 5.69 Å². The van der Waals surface area contributed by atoms with Crippen LogP contribution in [-0.2, 0) is 0 Å². The number of carbonyl (C=O) groups excluding carboxylic acids is 1. The summed E-state index contributed by atoms with van der Waals surface area (Å²) in [6.45, 7) is 0.643. The minimum absolute atomic E-state index is 0.0158. The van der Waals surface area contributed by atoms with Gasteiger partial charge in [-0.15, -0.1) is 0 Å². The number of anilines is 3. The molecule has 11 nitrogen and oxygen atoms in total. The molecule has 11 heteroatoms. The minimum Gasteiger partial charge on any atom is -0.368 e. The fourth-order valence-corrected chi connectivity index (χ4v) is 3.22. The fourth-order valence-electron chi connectivity index (χ4n) is 3.22. The molecule has 0 atom stereocenters. The first-order valence-corrected chi connectivity index (χ1v) is 10.5. The van der Waals surface area contributed by atoms with Crippen molar-refractivity contribution in [3.8, 4) is 23.2 Å².